The van der Waals surface area contributed by atoms with E-state index in [2.05, 4.69) is 46.6 Å². The van der Waals surface area contributed by atoms with E-state index < -0.39 is 0 Å². The van der Waals surface area contributed by atoms with Crippen LogP contribution >= 0.6 is 0 Å². The number of benzene rings is 2. The van der Waals surface area contributed by atoms with Crippen LogP contribution in [-0.2, 0) is 16.0 Å². The smallest absolute Gasteiger partial charge is 0.226 e. The Hall–Kier alpha value is -2.66. The first-order chi connectivity index (χ1) is 17.2. The van der Waals surface area contributed by atoms with Crippen molar-refractivity contribution in [3.63, 3.8) is 0 Å². The fraction of sp³-hybridized carbons (Fsp3) is 0.533. The number of rotatable bonds is 6. The number of nitrogens with zero attached hydrogens (tertiary/aromatic N) is 2. The molecule has 2 amide bonds. The Bertz CT molecular complexity index is 980. The molecule has 1 N–H and O–H groups in total. The lowest BCUT2D eigenvalue weighted by Gasteiger charge is -2.44. The number of nitrogens with one attached hydrogen (secondary N) is 1. The van der Waals surface area contributed by atoms with Gasteiger partial charge < -0.3 is 15.1 Å². The molecule has 5 heteroatoms. The summed E-state index contributed by atoms with van der Waals surface area (Å²) in [5.74, 6) is 0.996. The number of fused-ring (bicyclic) bond motifs is 1. The number of hydrogen-bond donors (Lipinski definition) is 1. The highest BCUT2D eigenvalue weighted by Gasteiger charge is 2.34. The summed E-state index contributed by atoms with van der Waals surface area (Å²) in [6.07, 6.45) is 8.39. The summed E-state index contributed by atoms with van der Waals surface area (Å²) in [7, 11) is 0. The predicted molar refractivity (Wildman–Crippen MR) is 140 cm³/mol. The Morgan fingerprint density at radius 3 is 2.26 bits per heavy atom. The third kappa shape index (κ3) is 5.95. The topological polar surface area (TPSA) is 52.7 Å². The molecule has 3 heterocycles. The summed E-state index contributed by atoms with van der Waals surface area (Å²) in [6.45, 7) is 4.65. The maximum absolute atomic E-state index is 12.9. The molecule has 0 spiro atoms. The van der Waals surface area contributed by atoms with Crippen LogP contribution in [0.2, 0.25) is 0 Å². The van der Waals surface area contributed by atoms with Crippen LogP contribution in [0.4, 0.5) is 0 Å². The SMILES string of the molecule is O=C(NC[C@@H]1CCCN2CCCC[C@H]12)C1CCN(C(=O)Cc2ccc(-c3ccccc3)cc2)CC1. The molecule has 5 nitrogen and oxygen atoms in total. The van der Waals surface area contributed by atoms with E-state index in [1.165, 1.54) is 50.8 Å². The summed E-state index contributed by atoms with van der Waals surface area (Å²) < 4.78 is 0. The van der Waals surface area contributed by atoms with Gasteiger partial charge in [0.15, 0.2) is 0 Å². The molecule has 3 aliphatic heterocycles. The molecule has 0 unspecified atom stereocenters. The molecule has 5 rings (SSSR count). The van der Waals surface area contributed by atoms with Crippen molar-refractivity contribution in [3.8, 4) is 11.1 Å². The zero-order chi connectivity index (χ0) is 24.0. The van der Waals surface area contributed by atoms with Crippen molar-refractivity contribution in [1.29, 1.82) is 0 Å². The number of hydrogen-bond acceptors (Lipinski definition) is 3. The molecular formula is C30H39N3O2. The van der Waals surface area contributed by atoms with Crippen LogP contribution in [0.15, 0.2) is 54.6 Å². The van der Waals surface area contributed by atoms with E-state index in [4.69, 9.17) is 0 Å². The van der Waals surface area contributed by atoms with E-state index in [1.54, 1.807) is 0 Å². The van der Waals surface area contributed by atoms with Crippen LogP contribution in [0.5, 0.6) is 0 Å². The molecule has 3 saturated heterocycles. The predicted octanol–water partition coefficient (Wildman–Crippen LogP) is 4.52. The monoisotopic (exact) mass is 473 g/mol. The molecule has 35 heavy (non-hydrogen) atoms. The fourth-order valence-corrected chi connectivity index (χ4v) is 6.31. The fourth-order valence-electron chi connectivity index (χ4n) is 6.31. The summed E-state index contributed by atoms with van der Waals surface area (Å²) in [6, 6.07) is 19.2. The highest BCUT2D eigenvalue weighted by atomic mass is 16.2. The van der Waals surface area contributed by atoms with Gasteiger partial charge in [0, 0.05) is 31.6 Å². The molecule has 2 aromatic carbocycles. The highest BCUT2D eigenvalue weighted by Crippen LogP contribution is 2.30. The minimum atomic E-state index is 0.0373. The van der Waals surface area contributed by atoms with Crippen molar-refractivity contribution < 1.29 is 9.59 Å². The maximum Gasteiger partial charge on any atom is 0.226 e. The lowest BCUT2D eigenvalue weighted by Crippen LogP contribution is -2.51. The van der Waals surface area contributed by atoms with E-state index in [0.717, 1.165) is 30.5 Å². The Balaban J connectivity index is 1.06. The molecule has 186 valence electrons. The van der Waals surface area contributed by atoms with Crippen LogP contribution in [0.25, 0.3) is 11.1 Å². The third-order valence-corrected chi connectivity index (χ3v) is 8.40. The van der Waals surface area contributed by atoms with Gasteiger partial charge in [-0.25, -0.2) is 0 Å². The Morgan fingerprint density at radius 2 is 1.49 bits per heavy atom. The normalized spacial score (nSPS) is 23.5. The minimum Gasteiger partial charge on any atom is -0.356 e. The first kappa shape index (κ1) is 24.1. The standard InChI is InChI=1S/C30H39N3O2/c34-29(21-23-11-13-25(14-12-23)24-7-2-1-3-8-24)33-19-15-26(16-20-33)30(35)31-22-27-9-6-18-32-17-5-4-10-28(27)32/h1-3,7-8,11-14,26-28H,4-6,9-10,15-22H2,(H,31,35)/t27-,28+/m0/s1. The molecular weight excluding hydrogens is 434 g/mol. The second-order valence-electron chi connectivity index (χ2n) is 10.6. The lowest BCUT2D eigenvalue weighted by molar-refractivity contribution is -0.135. The maximum atomic E-state index is 12.9. The van der Waals surface area contributed by atoms with Gasteiger partial charge in [-0.1, -0.05) is 61.0 Å². The summed E-state index contributed by atoms with van der Waals surface area (Å²) in [5, 5.41) is 3.29. The van der Waals surface area contributed by atoms with E-state index in [0.29, 0.717) is 31.5 Å². The number of piperidine rings is 3. The first-order valence-electron chi connectivity index (χ1n) is 13.6. The molecule has 2 atom stereocenters. The molecule has 0 saturated carbocycles. The van der Waals surface area contributed by atoms with E-state index in [-0.39, 0.29) is 17.7 Å². The number of carbonyl (C=O) groups excluding carboxylic acids is 2. The molecule has 0 radical (unpaired) electrons. The zero-order valence-corrected chi connectivity index (χ0v) is 20.8. The molecule has 2 aromatic rings. The van der Waals surface area contributed by atoms with Crippen molar-refractivity contribution in [3.05, 3.63) is 60.2 Å². The summed E-state index contributed by atoms with van der Waals surface area (Å²) in [4.78, 5) is 30.4. The first-order valence-corrected chi connectivity index (χ1v) is 13.6. The van der Waals surface area contributed by atoms with E-state index in [1.807, 2.05) is 23.1 Å². The van der Waals surface area contributed by atoms with Gasteiger partial charge in [0.1, 0.15) is 0 Å². The van der Waals surface area contributed by atoms with Gasteiger partial charge in [-0.05, 0) is 74.2 Å². The van der Waals surface area contributed by atoms with Crippen LogP contribution < -0.4 is 5.32 Å². The quantitative estimate of drug-likeness (QED) is 0.671. The lowest BCUT2D eigenvalue weighted by atomic mass is 9.83. The van der Waals surface area contributed by atoms with Crippen molar-refractivity contribution in [2.24, 2.45) is 11.8 Å². The molecule has 0 bridgehead atoms. The second kappa shape index (κ2) is 11.4. The van der Waals surface area contributed by atoms with Crippen molar-refractivity contribution in [2.45, 2.75) is 57.4 Å². The molecule has 0 aliphatic carbocycles. The van der Waals surface area contributed by atoms with Crippen LogP contribution in [0.3, 0.4) is 0 Å². The largest absolute Gasteiger partial charge is 0.356 e. The van der Waals surface area contributed by atoms with Gasteiger partial charge in [-0.15, -0.1) is 0 Å². The van der Waals surface area contributed by atoms with Crippen LogP contribution in [0, 0.1) is 11.8 Å². The zero-order valence-electron chi connectivity index (χ0n) is 20.8. The average Bonchev–Trinajstić information content (AvgIpc) is 2.92. The van der Waals surface area contributed by atoms with E-state index in [9.17, 15) is 9.59 Å². The Morgan fingerprint density at radius 1 is 0.771 bits per heavy atom. The summed E-state index contributed by atoms with van der Waals surface area (Å²) in [5.41, 5.74) is 3.39. The minimum absolute atomic E-state index is 0.0373. The van der Waals surface area contributed by atoms with Crippen molar-refractivity contribution in [1.82, 2.24) is 15.1 Å². The van der Waals surface area contributed by atoms with Gasteiger partial charge in [0.05, 0.1) is 6.42 Å². The number of likely N-dealkylation sites (tertiary alicyclic amines) is 1. The Kier molecular flexibility index (Phi) is 7.82. The summed E-state index contributed by atoms with van der Waals surface area (Å²) >= 11 is 0. The number of carbonyl (C=O) groups is 2. The second-order valence-corrected chi connectivity index (χ2v) is 10.6. The van der Waals surface area contributed by atoms with Gasteiger partial charge in [0.2, 0.25) is 11.8 Å². The average molecular weight is 474 g/mol. The highest BCUT2D eigenvalue weighted by molar-refractivity contribution is 5.81. The van der Waals surface area contributed by atoms with Crippen LogP contribution in [0.1, 0.15) is 50.5 Å². The molecule has 3 fully saturated rings. The third-order valence-electron chi connectivity index (χ3n) is 8.40. The molecule has 3 aliphatic rings. The van der Waals surface area contributed by atoms with Crippen molar-refractivity contribution in [2.75, 3.05) is 32.7 Å². The van der Waals surface area contributed by atoms with Crippen molar-refractivity contribution >= 4 is 11.8 Å². The van der Waals surface area contributed by atoms with Gasteiger partial charge >= 0.3 is 0 Å². The van der Waals surface area contributed by atoms with Crippen LogP contribution in [-0.4, -0.2) is 60.4 Å². The van der Waals surface area contributed by atoms with Gasteiger partial charge in [-0.2, -0.15) is 0 Å². The Labute approximate surface area is 209 Å². The van der Waals surface area contributed by atoms with E-state index >= 15 is 0 Å². The number of amides is 2. The molecule has 0 aromatic heterocycles. The van der Waals surface area contributed by atoms with Gasteiger partial charge in [-0.3, -0.25) is 9.59 Å². The van der Waals surface area contributed by atoms with Gasteiger partial charge in [0.25, 0.3) is 0 Å².